The van der Waals surface area contributed by atoms with Gasteiger partial charge in [-0.2, -0.15) is 0 Å². The van der Waals surface area contributed by atoms with Gasteiger partial charge in [-0.15, -0.1) is 11.3 Å². The van der Waals surface area contributed by atoms with Gasteiger partial charge in [0.2, 0.25) is 0 Å². The van der Waals surface area contributed by atoms with Crippen LogP contribution in [-0.4, -0.2) is 10.1 Å². The van der Waals surface area contributed by atoms with Gasteiger partial charge in [-0.3, -0.25) is 0 Å². The van der Waals surface area contributed by atoms with Gasteiger partial charge in [-0.05, 0) is 49.7 Å². The quantitative estimate of drug-likeness (QED) is 0.847. The monoisotopic (exact) mass is 273 g/mol. The third-order valence-corrected chi connectivity index (χ3v) is 4.80. The zero-order valence-corrected chi connectivity index (χ0v) is 12.0. The predicted octanol–water partition coefficient (Wildman–Crippen LogP) is 3.68. The topological polar surface area (TPSA) is 33.1 Å². The molecule has 0 spiro atoms. The van der Waals surface area contributed by atoms with E-state index in [1.807, 2.05) is 13.0 Å². The van der Waals surface area contributed by atoms with Gasteiger partial charge in [0.25, 0.3) is 0 Å². The van der Waals surface area contributed by atoms with Gasteiger partial charge in [0, 0.05) is 5.38 Å². The lowest BCUT2D eigenvalue weighted by molar-refractivity contribution is 0.104. The van der Waals surface area contributed by atoms with Crippen LogP contribution in [0.2, 0.25) is 0 Å². The van der Waals surface area contributed by atoms with E-state index in [1.165, 1.54) is 5.56 Å². The van der Waals surface area contributed by atoms with Crippen LogP contribution in [0.4, 0.5) is 0 Å². The number of hydrogen-bond donors (Lipinski definition) is 1. The minimum absolute atomic E-state index is 0.296. The number of rotatable bonds is 2. The largest absolute Gasteiger partial charge is 0.388 e. The highest BCUT2D eigenvalue weighted by Crippen LogP contribution is 2.35. The molecule has 0 radical (unpaired) electrons. The van der Waals surface area contributed by atoms with Crippen LogP contribution >= 0.6 is 11.3 Å². The van der Waals surface area contributed by atoms with E-state index in [0.717, 1.165) is 41.9 Å². The highest BCUT2D eigenvalue weighted by atomic mass is 32.1. The summed E-state index contributed by atoms with van der Waals surface area (Å²) in [5, 5.41) is 13.9. The van der Waals surface area contributed by atoms with Gasteiger partial charge in [0.15, 0.2) is 0 Å². The summed E-state index contributed by atoms with van der Waals surface area (Å²) in [6, 6.07) is 8.31. The minimum atomic E-state index is -0.347. The van der Waals surface area contributed by atoms with E-state index in [1.54, 1.807) is 11.3 Å². The number of fused-ring (bicyclic) bond motifs is 1. The molecule has 0 saturated heterocycles. The summed E-state index contributed by atoms with van der Waals surface area (Å²) in [6.07, 6.45) is 3.86. The minimum Gasteiger partial charge on any atom is -0.388 e. The molecule has 2 unspecified atom stereocenters. The summed E-state index contributed by atoms with van der Waals surface area (Å²) in [6.45, 7) is 2.03. The Morgan fingerprint density at radius 3 is 3.00 bits per heavy atom. The molecule has 2 nitrogen and oxygen atoms in total. The summed E-state index contributed by atoms with van der Waals surface area (Å²) in [5.41, 5.74) is 3.56. The highest BCUT2D eigenvalue weighted by molar-refractivity contribution is 7.09. The second-order valence-corrected chi connectivity index (χ2v) is 6.42. The fourth-order valence-corrected chi connectivity index (χ4v) is 3.63. The van der Waals surface area contributed by atoms with E-state index in [4.69, 9.17) is 0 Å². The van der Waals surface area contributed by atoms with Crippen LogP contribution in [0.3, 0.4) is 0 Å². The van der Waals surface area contributed by atoms with Crippen LogP contribution in [0.25, 0.3) is 0 Å². The predicted molar refractivity (Wildman–Crippen MR) is 78.4 cm³/mol. The van der Waals surface area contributed by atoms with Crippen molar-refractivity contribution in [1.29, 1.82) is 0 Å². The summed E-state index contributed by atoms with van der Waals surface area (Å²) >= 11 is 1.69. The van der Waals surface area contributed by atoms with Crippen molar-refractivity contribution >= 4 is 11.3 Å². The molecule has 1 aliphatic rings. The van der Waals surface area contributed by atoms with Crippen molar-refractivity contribution in [3.63, 3.8) is 0 Å². The first-order valence-corrected chi connectivity index (χ1v) is 7.79. The van der Waals surface area contributed by atoms with Crippen LogP contribution < -0.4 is 0 Å². The molecule has 2 aromatic rings. The summed E-state index contributed by atoms with van der Waals surface area (Å²) in [4.78, 5) is 4.53. The Hall–Kier alpha value is -1.19. The molecule has 3 rings (SSSR count). The molecule has 0 bridgehead atoms. The standard InChI is InChI=1S/C16H19NOS/c1-11-17-14(10-19-11)9-13-7-4-6-12-5-2-3-8-15(12)16(13)18/h2-3,5,8,10,13,16,18H,4,6-7,9H2,1H3. The Morgan fingerprint density at radius 1 is 1.37 bits per heavy atom. The van der Waals surface area contributed by atoms with Gasteiger partial charge in [-0.1, -0.05) is 24.3 Å². The number of thiazole rings is 1. The maximum Gasteiger partial charge on any atom is 0.0897 e. The van der Waals surface area contributed by atoms with E-state index in [-0.39, 0.29) is 6.10 Å². The first-order chi connectivity index (χ1) is 9.24. The Morgan fingerprint density at radius 2 is 2.21 bits per heavy atom. The first-order valence-electron chi connectivity index (χ1n) is 6.91. The smallest absolute Gasteiger partial charge is 0.0897 e. The van der Waals surface area contributed by atoms with Gasteiger partial charge in [0.05, 0.1) is 16.8 Å². The molecular formula is C16H19NOS. The van der Waals surface area contributed by atoms with E-state index >= 15 is 0 Å². The van der Waals surface area contributed by atoms with E-state index in [2.05, 4.69) is 28.6 Å². The molecule has 1 aliphatic carbocycles. The maximum atomic E-state index is 10.6. The van der Waals surface area contributed by atoms with Crippen LogP contribution in [0.1, 0.15) is 40.8 Å². The van der Waals surface area contributed by atoms with Crippen molar-refractivity contribution in [2.75, 3.05) is 0 Å². The summed E-state index contributed by atoms with van der Waals surface area (Å²) in [7, 11) is 0. The fourth-order valence-electron chi connectivity index (χ4n) is 3.00. The normalized spacial score (nSPS) is 22.8. The van der Waals surface area contributed by atoms with E-state index in [9.17, 15) is 5.11 Å². The molecule has 1 heterocycles. The molecule has 1 aromatic heterocycles. The molecule has 3 heteroatoms. The van der Waals surface area contributed by atoms with Crippen LogP contribution in [0.5, 0.6) is 0 Å². The van der Waals surface area contributed by atoms with Crippen molar-refractivity contribution in [3.8, 4) is 0 Å². The average molecular weight is 273 g/mol. The van der Waals surface area contributed by atoms with E-state index < -0.39 is 0 Å². The lowest BCUT2D eigenvalue weighted by Gasteiger charge is -2.21. The number of benzene rings is 1. The van der Waals surface area contributed by atoms with Gasteiger partial charge in [0.1, 0.15) is 0 Å². The molecule has 0 saturated carbocycles. The highest BCUT2D eigenvalue weighted by Gasteiger charge is 2.26. The van der Waals surface area contributed by atoms with Crippen LogP contribution in [-0.2, 0) is 12.8 Å². The summed E-state index contributed by atoms with van der Waals surface area (Å²) in [5.74, 6) is 0.296. The number of aromatic nitrogens is 1. The molecule has 100 valence electrons. The number of nitrogens with zero attached hydrogens (tertiary/aromatic N) is 1. The second-order valence-electron chi connectivity index (χ2n) is 5.36. The fraction of sp³-hybridized carbons (Fsp3) is 0.438. The number of aliphatic hydroxyl groups excluding tert-OH is 1. The van der Waals surface area contributed by atoms with Crippen LogP contribution in [0.15, 0.2) is 29.6 Å². The molecular weight excluding hydrogens is 254 g/mol. The Bertz CT molecular complexity index is 563. The number of aliphatic hydroxyl groups is 1. The molecule has 0 amide bonds. The molecule has 19 heavy (non-hydrogen) atoms. The van der Waals surface area contributed by atoms with E-state index in [0.29, 0.717) is 5.92 Å². The van der Waals surface area contributed by atoms with Crippen molar-refractivity contribution in [3.05, 3.63) is 51.5 Å². The Kier molecular flexibility index (Phi) is 3.67. The molecule has 1 aromatic carbocycles. The van der Waals surface area contributed by atoms with Gasteiger partial charge in [-0.25, -0.2) is 4.98 Å². The molecule has 2 atom stereocenters. The Labute approximate surface area is 118 Å². The molecule has 0 aliphatic heterocycles. The van der Waals surface area contributed by atoms with Crippen molar-refractivity contribution < 1.29 is 5.11 Å². The zero-order valence-electron chi connectivity index (χ0n) is 11.2. The number of aryl methyl sites for hydroxylation is 2. The lowest BCUT2D eigenvalue weighted by atomic mass is 9.90. The van der Waals surface area contributed by atoms with Gasteiger partial charge >= 0.3 is 0 Å². The average Bonchev–Trinajstić information content (AvgIpc) is 2.75. The molecule has 1 N–H and O–H groups in total. The maximum absolute atomic E-state index is 10.6. The number of hydrogen-bond acceptors (Lipinski definition) is 3. The molecule has 0 fully saturated rings. The van der Waals surface area contributed by atoms with Crippen molar-refractivity contribution in [2.45, 2.75) is 38.7 Å². The second kappa shape index (κ2) is 5.43. The Balaban J connectivity index is 1.83. The lowest BCUT2D eigenvalue weighted by Crippen LogP contribution is -2.14. The zero-order chi connectivity index (χ0) is 13.2. The van der Waals surface area contributed by atoms with Crippen LogP contribution in [0, 0.1) is 12.8 Å². The first kappa shape index (κ1) is 12.8. The summed E-state index contributed by atoms with van der Waals surface area (Å²) < 4.78 is 0. The van der Waals surface area contributed by atoms with Crippen molar-refractivity contribution in [1.82, 2.24) is 4.98 Å². The van der Waals surface area contributed by atoms with Gasteiger partial charge < -0.3 is 5.11 Å². The third kappa shape index (κ3) is 2.72. The van der Waals surface area contributed by atoms with Crippen molar-refractivity contribution in [2.24, 2.45) is 5.92 Å². The SMILES string of the molecule is Cc1nc(CC2CCCc3ccccc3C2O)cs1. The third-order valence-electron chi connectivity index (χ3n) is 3.98.